The summed E-state index contributed by atoms with van der Waals surface area (Å²) in [6.45, 7) is -1.15. The molecule has 1 aliphatic rings. The summed E-state index contributed by atoms with van der Waals surface area (Å²) in [7, 11) is 1.63. The number of pyridine rings is 1. The van der Waals surface area contributed by atoms with Gasteiger partial charge in [0, 0.05) is 37.6 Å². The van der Waals surface area contributed by atoms with Crippen LogP contribution in [0.5, 0.6) is 5.75 Å². The molecule has 2 N–H and O–H groups in total. The number of benzene rings is 2. The third-order valence-corrected chi connectivity index (χ3v) is 6.09. The number of hydrogen-bond donors (Lipinski definition) is 1. The van der Waals surface area contributed by atoms with E-state index in [0.717, 1.165) is 31.7 Å². The molecule has 10 heteroatoms. The minimum atomic E-state index is -2.94. The zero-order valence-corrected chi connectivity index (χ0v) is 19.6. The van der Waals surface area contributed by atoms with E-state index in [1.807, 2.05) is 12.1 Å². The van der Waals surface area contributed by atoms with Gasteiger partial charge in [0.25, 0.3) is 5.56 Å². The average molecular weight is 491 g/mol. The molecule has 1 aliphatic heterocycles. The Kier molecular flexibility index (Phi) is 6.32. The Morgan fingerprint density at radius 3 is 2.53 bits per heavy atom. The first-order chi connectivity index (χ1) is 17.4. The molecular formula is C26H24F2N6O2. The summed E-state index contributed by atoms with van der Waals surface area (Å²) in [6.07, 6.45) is 3.77. The van der Waals surface area contributed by atoms with Crippen molar-refractivity contribution in [3.05, 3.63) is 70.5 Å². The van der Waals surface area contributed by atoms with Crippen molar-refractivity contribution in [2.24, 2.45) is 4.99 Å². The van der Waals surface area contributed by atoms with Crippen molar-refractivity contribution < 1.29 is 13.5 Å². The molecule has 36 heavy (non-hydrogen) atoms. The number of nitrogen functional groups attached to an aromatic ring is 1. The summed E-state index contributed by atoms with van der Waals surface area (Å²) >= 11 is 0. The topological polar surface area (TPSA) is 98.6 Å². The smallest absolute Gasteiger partial charge is 0.387 e. The van der Waals surface area contributed by atoms with Crippen molar-refractivity contribution in [3.63, 3.8) is 0 Å². The molecule has 0 spiro atoms. The quantitative estimate of drug-likeness (QED) is 0.320. The molecule has 0 atom stereocenters. The van der Waals surface area contributed by atoms with E-state index in [9.17, 15) is 13.6 Å². The molecule has 0 radical (unpaired) electrons. The maximum atomic E-state index is 13.9. The maximum Gasteiger partial charge on any atom is 0.387 e. The number of aromatic nitrogens is 3. The summed E-state index contributed by atoms with van der Waals surface area (Å²) < 4.78 is 31.1. The second kappa shape index (κ2) is 9.73. The van der Waals surface area contributed by atoms with E-state index in [4.69, 9.17) is 10.7 Å². The molecular weight excluding hydrogens is 466 g/mol. The molecule has 0 bridgehead atoms. The number of alkyl halides is 2. The Labute approximate surface area is 205 Å². The molecule has 2 aromatic heterocycles. The highest BCUT2D eigenvalue weighted by Crippen LogP contribution is 2.29. The summed E-state index contributed by atoms with van der Waals surface area (Å²) in [5.41, 5.74) is 9.11. The lowest BCUT2D eigenvalue weighted by Gasteiger charge is -2.18. The molecule has 184 valence electrons. The summed E-state index contributed by atoms with van der Waals surface area (Å²) in [5.74, 6) is 0.770. The molecule has 4 aromatic rings. The fourth-order valence-corrected chi connectivity index (χ4v) is 4.37. The first-order valence-corrected chi connectivity index (χ1v) is 11.5. The van der Waals surface area contributed by atoms with Gasteiger partial charge in [-0.3, -0.25) is 9.79 Å². The van der Waals surface area contributed by atoms with Crippen LogP contribution in [0.4, 0.5) is 20.3 Å². The molecule has 1 saturated heterocycles. The molecule has 1 fully saturated rings. The Bertz CT molecular complexity index is 1500. The van der Waals surface area contributed by atoms with Crippen LogP contribution in [-0.4, -0.2) is 47.7 Å². The van der Waals surface area contributed by atoms with Crippen molar-refractivity contribution in [1.29, 1.82) is 0 Å². The standard InChI is InChI=1S/C26H24F2N6O2/c1-30-15-17-14-18(6-9-20(17)29)34-25(35)23(16-4-7-19(8-5-16)36-26(27)28)24-21(32-34)10-11-22(31-24)33-12-2-3-13-33/h4-11,14-15,26H,2-3,12-13,29H2,1H3. The lowest BCUT2D eigenvalue weighted by atomic mass is 10.1. The van der Waals surface area contributed by atoms with Crippen LogP contribution in [0.2, 0.25) is 0 Å². The van der Waals surface area contributed by atoms with Gasteiger partial charge in [0.05, 0.1) is 11.3 Å². The average Bonchev–Trinajstić information content (AvgIpc) is 3.41. The van der Waals surface area contributed by atoms with Crippen LogP contribution < -0.4 is 20.9 Å². The van der Waals surface area contributed by atoms with Crippen LogP contribution in [-0.2, 0) is 0 Å². The van der Waals surface area contributed by atoms with Gasteiger partial charge in [-0.15, -0.1) is 0 Å². The number of halogens is 2. The highest BCUT2D eigenvalue weighted by molar-refractivity contribution is 5.92. The second-order valence-electron chi connectivity index (χ2n) is 8.43. The zero-order chi connectivity index (χ0) is 25.2. The molecule has 2 aromatic carbocycles. The predicted molar refractivity (Wildman–Crippen MR) is 137 cm³/mol. The highest BCUT2D eigenvalue weighted by atomic mass is 19.3. The van der Waals surface area contributed by atoms with Gasteiger partial charge in [0.2, 0.25) is 0 Å². The molecule has 0 saturated carbocycles. The molecule has 5 rings (SSSR count). The van der Waals surface area contributed by atoms with Crippen molar-refractivity contribution >= 4 is 28.8 Å². The lowest BCUT2D eigenvalue weighted by Crippen LogP contribution is -2.25. The van der Waals surface area contributed by atoms with Gasteiger partial charge in [0.1, 0.15) is 22.6 Å². The van der Waals surface area contributed by atoms with Gasteiger partial charge in [-0.05, 0) is 60.9 Å². The van der Waals surface area contributed by atoms with Gasteiger partial charge in [-0.1, -0.05) is 12.1 Å². The largest absolute Gasteiger partial charge is 0.435 e. The minimum absolute atomic E-state index is 0.000168. The van der Waals surface area contributed by atoms with E-state index in [1.165, 1.54) is 16.8 Å². The predicted octanol–water partition coefficient (Wildman–Crippen LogP) is 4.28. The molecule has 0 amide bonds. The molecule has 8 nitrogen and oxygen atoms in total. The number of aliphatic imine (C=N–C) groups is 1. The number of rotatable bonds is 6. The fraction of sp³-hybridized carbons (Fsp3) is 0.231. The summed E-state index contributed by atoms with van der Waals surface area (Å²) in [5, 5.41) is 4.60. The van der Waals surface area contributed by atoms with Crippen LogP contribution in [0.3, 0.4) is 0 Å². The van der Waals surface area contributed by atoms with Crippen molar-refractivity contribution in [2.75, 3.05) is 30.8 Å². The number of nitrogens with zero attached hydrogens (tertiary/aromatic N) is 5. The maximum absolute atomic E-state index is 13.9. The van der Waals surface area contributed by atoms with Gasteiger partial charge in [-0.2, -0.15) is 18.6 Å². The van der Waals surface area contributed by atoms with E-state index in [2.05, 4.69) is 19.7 Å². The minimum Gasteiger partial charge on any atom is -0.435 e. The van der Waals surface area contributed by atoms with Crippen molar-refractivity contribution in [3.8, 4) is 22.6 Å². The number of ether oxygens (including phenoxy) is 1. The third-order valence-electron chi connectivity index (χ3n) is 6.09. The summed E-state index contributed by atoms with van der Waals surface area (Å²) in [4.78, 5) is 24.9. The Morgan fingerprint density at radius 2 is 1.83 bits per heavy atom. The molecule has 3 heterocycles. The lowest BCUT2D eigenvalue weighted by molar-refractivity contribution is -0.0498. The van der Waals surface area contributed by atoms with E-state index < -0.39 is 12.2 Å². The van der Waals surface area contributed by atoms with Crippen LogP contribution in [0.15, 0.2) is 64.4 Å². The zero-order valence-electron chi connectivity index (χ0n) is 19.6. The van der Waals surface area contributed by atoms with Gasteiger partial charge in [0.15, 0.2) is 0 Å². The Balaban J connectivity index is 1.73. The molecule has 0 aliphatic carbocycles. The number of fused-ring (bicyclic) bond motifs is 1. The van der Waals surface area contributed by atoms with E-state index in [-0.39, 0.29) is 5.75 Å². The number of anilines is 2. The Morgan fingerprint density at radius 1 is 1.08 bits per heavy atom. The fourth-order valence-electron chi connectivity index (χ4n) is 4.37. The monoisotopic (exact) mass is 490 g/mol. The van der Waals surface area contributed by atoms with E-state index in [0.29, 0.717) is 39.1 Å². The number of nitrogens with two attached hydrogens (primary N) is 1. The Hall–Kier alpha value is -4.34. The summed E-state index contributed by atoms with van der Waals surface area (Å²) in [6, 6.07) is 14.8. The third kappa shape index (κ3) is 4.49. The SMILES string of the molecule is CN=Cc1cc(-n2nc3ccc(N4CCCC4)nc3c(-c3ccc(OC(F)F)cc3)c2=O)ccc1N. The highest BCUT2D eigenvalue weighted by Gasteiger charge is 2.20. The first-order valence-electron chi connectivity index (χ1n) is 11.5. The van der Waals surface area contributed by atoms with Crippen LogP contribution in [0, 0.1) is 0 Å². The van der Waals surface area contributed by atoms with Gasteiger partial charge < -0.3 is 15.4 Å². The van der Waals surface area contributed by atoms with Crippen molar-refractivity contribution in [1.82, 2.24) is 14.8 Å². The second-order valence-corrected chi connectivity index (χ2v) is 8.43. The van der Waals surface area contributed by atoms with Crippen molar-refractivity contribution in [2.45, 2.75) is 19.5 Å². The van der Waals surface area contributed by atoms with E-state index >= 15 is 0 Å². The van der Waals surface area contributed by atoms with E-state index in [1.54, 1.807) is 43.6 Å². The van der Waals surface area contributed by atoms with Gasteiger partial charge >= 0.3 is 6.61 Å². The normalized spacial score (nSPS) is 13.8. The number of hydrogen-bond acceptors (Lipinski definition) is 7. The van der Waals surface area contributed by atoms with Crippen LogP contribution in [0.1, 0.15) is 18.4 Å². The van der Waals surface area contributed by atoms with Gasteiger partial charge in [-0.25, -0.2) is 4.98 Å². The molecule has 0 unspecified atom stereocenters. The van der Waals surface area contributed by atoms with Crippen LogP contribution in [0.25, 0.3) is 27.8 Å². The first kappa shape index (κ1) is 23.4. The van der Waals surface area contributed by atoms with Crippen LogP contribution >= 0.6 is 0 Å².